The zero-order valence-corrected chi connectivity index (χ0v) is 13.7. The van der Waals surface area contributed by atoms with Crippen molar-refractivity contribution in [1.82, 2.24) is 0 Å². The van der Waals surface area contributed by atoms with Gasteiger partial charge in [0.05, 0.1) is 0 Å². The van der Waals surface area contributed by atoms with Crippen molar-refractivity contribution in [2.24, 2.45) is 0 Å². The van der Waals surface area contributed by atoms with Crippen molar-refractivity contribution in [3.05, 3.63) is 0 Å². The first-order valence-electron chi connectivity index (χ1n) is 2.47. The molecule has 0 radical (unpaired) electrons. The van der Waals surface area contributed by atoms with Crippen LogP contribution in [0.2, 0.25) is 0 Å². The SMILES string of the molecule is [O-][Cl+3]([O-])([O-])[O-].[O-][Cl+3]([O-])([O-])[O-].[O-][Cl+3]([O-])([O-])[O-].[O-][Cl+3]([O-])([O-])[O-].[Pt+4]. The molecule has 16 nitrogen and oxygen atoms in total. The van der Waals surface area contributed by atoms with Gasteiger partial charge in [-0.15, -0.1) is 41.0 Å². The van der Waals surface area contributed by atoms with Gasteiger partial charge in [-0.3, -0.25) is 0 Å². The van der Waals surface area contributed by atoms with Crippen LogP contribution in [-0.4, -0.2) is 0 Å². The molecular formula is Cl4O16Pt. The van der Waals surface area contributed by atoms with E-state index in [2.05, 4.69) is 0 Å². The molecule has 134 valence electrons. The number of rotatable bonds is 0. The topological polar surface area (TPSA) is 369 Å². The minimum Gasteiger partial charge on any atom is -0.222 e. The van der Waals surface area contributed by atoms with Crippen LogP contribution >= 0.6 is 0 Å². The molecule has 21 heteroatoms. The first kappa shape index (κ1) is 33.7. The van der Waals surface area contributed by atoms with Crippen LogP contribution in [0.4, 0.5) is 0 Å². The fourth-order valence-electron chi connectivity index (χ4n) is 0. The Morgan fingerprint density at radius 3 is 0.238 bits per heavy atom. The minimum atomic E-state index is -4.94. The summed E-state index contributed by atoms with van der Waals surface area (Å²) in [5.41, 5.74) is 0. The molecule has 0 amide bonds. The summed E-state index contributed by atoms with van der Waals surface area (Å²) >= 11 is 0. The van der Waals surface area contributed by atoms with Crippen molar-refractivity contribution in [1.29, 1.82) is 0 Å². The molecule has 0 N–H and O–H groups in total. The van der Waals surface area contributed by atoms with Crippen LogP contribution in [-0.2, 0) is 21.1 Å². The maximum Gasteiger partial charge on any atom is 4.00 e. The number of hydrogen-bond donors (Lipinski definition) is 0. The molecule has 0 spiro atoms. The van der Waals surface area contributed by atoms with Crippen LogP contribution in [0.3, 0.4) is 0 Å². The second-order valence-electron chi connectivity index (χ2n) is 1.51. The minimum absolute atomic E-state index is 0. The zero-order valence-electron chi connectivity index (χ0n) is 8.36. The molecule has 0 unspecified atom stereocenters. The molecule has 0 saturated carbocycles. The molecule has 0 aromatic rings. The summed E-state index contributed by atoms with van der Waals surface area (Å²) in [5.74, 6) is 0. The molecule has 0 aromatic heterocycles. The average Bonchev–Trinajstić information content (AvgIpc) is 1.62. The Labute approximate surface area is 136 Å². The van der Waals surface area contributed by atoms with Crippen molar-refractivity contribution < 1.29 is 137 Å². The summed E-state index contributed by atoms with van der Waals surface area (Å²) in [6.07, 6.45) is 0. The van der Waals surface area contributed by atoms with E-state index in [4.69, 9.17) is 74.5 Å². The van der Waals surface area contributed by atoms with Crippen molar-refractivity contribution in [2.75, 3.05) is 0 Å². The quantitative estimate of drug-likeness (QED) is 0.252. The Morgan fingerprint density at radius 1 is 0.238 bits per heavy atom. The predicted molar refractivity (Wildman–Crippen MR) is 0 cm³/mol. The van der Waals surface area contributed by atoms with Gasteiger partial charge in [0.2, 0.25) is 0 Å². The van der Waals surface area contributed by atoms with Gasteiger partial charge in [-0.25, -0.2) is 74.5 Å². The first-order chi connectivity index (χ1) is 8.00. The predicted octanol–water partition coefficient (Wildman–Crippen LogP) is -19.0. The van der Waals surface area contributed by atoms with E-state index in [-0.39, 0.29) is 21.1 Å². The average molecular weight is 593 g/mol. The van der Waals surface area contributed by atoms with E-state index in [1.807, 2.05) is 0 Å². The molecule has 0 fully saturated rings. The van der Waals surface area contributed by atoms with Gasteiger partial charge in [-0.1, -0.05) is 0 Å². The Hall–Kier alpha value is 1.21. The zero-order chi connectivity index (χ0) is 18.0. The van der Waals surface area contributed by atoms with E-state index in [1.165, 1.54) is 0 Å². The van der Waals surface area contributed by atoms with Gasteiger partial charge in [0.25, 0.3) is 0 Å². The van der Waals surface area contributed by atoms with Gasteiger partial charge >= 0.3 is 21.1 Å². The van der Waals surface area contributed by atoms with Gasteiger partial charge in [-0.05, 0) is 0 Å². The Bertz CT molecular complexity index is 130. The van der Waals surface area contributed by atoms with E-state index < -0.39 is 41.0 Å². The molecular weight excluding hydrogens is 593 g/mol. The summed E-state index contributed by atoms with van der Waals surface area (Å²) in [4.78, 5) is 0. The molecule has 0 aromatic carbocycles. The third-order valence-corrected chi connectivity index (χ3v) is 0. The van der Waals surface area contributed by atoms with Crippen molar-refractivity contribution >= 4 is 0 Å². The second kappa shape index (κ2) is 13.6. The second-order valence-corrected chi connectivity index (χ2v) is 4.54. The van der Waals surface area contributed by atoms with Crippen molar-refractivity contribution in [3.63, 3.8) is 0 Å². The van der Waals surface area contributed by atoms with Gasteiger partial charge in [0.15, 0.2) is 0 Å². The molecule has 0 heterocycles. The maximum absolute atomic E-state index is 8.49. The van der Waals surface area contributed by atoms with Gasteiger partial charge in [0, 0.05) is 0 Å². The Kier molecular flexibility index (Phi) is 21.9. The molecule has 21 heavy (non-hydrogen) atoms. The maximum atomic E-state index is 8.49. The van der Waals surface area contributed by atoms with Crippen molar-refractivity contribution in [2.45, 2.75) is 0 Å². The van der Waals surface area contributed by atoms with Crippen LogP contribution < -0.4 is 74.5 Å². The van der Waals surface area contributed by atoms with Crippen LogP contribution in [0.5, 0.6) is 0 Å². The fraction of sp³-hybridized carbons (Fsp3) is 0. The summed E-state index contributed by atoms with van der Waals surface area (Å²) in [7, 11) is -19.8. The largest absolute Gasteiger partial charge is 4.00 e. The van der Waals surface area contributed by atoms with Crippen LogP contribution in [0.25, 0.3) is 0 Å². The first-order valence-corrected chi connectivity index (χ1v) is 7.41. The van der Waals surface area contributed by atoms with Gasteiger partial charge < -0.3 is 0 Å². The van der Waals surface area contributed by atoms with Crippen molar-refractivity contribution in [3.8, 4) is 0 Å². The smallest absolute Gasteiger partial charge is 0.222 e. The van der Waals surface area contributed by atoms with E-state index in [9.17, 15) is 0 Å². The standard InChI is InChI=1S/4ClHO4.Pt/c4*2-1(3,4)5;/h4*(H,2,3,4,5);/q;;;;+4/p-4. The van der Waals surface area contributed by atoms with Crippen LogP contribution in [0.1, 0.15) is 0 Å². The molecule has 0 bridgehead atoms. The van der Waals surface area contributed by atoms with Crippen LogP contribution in [0, 0.1) is 41.0 Å². The van der Waals surface area contributed by atoms with E-state index in [1.54, 1.807) is 0 Å². The monoisotopic (exact) mass is 591 g/mol. The third-order valence-electron chi connectivity index (χ3n) is 0. The molecule has 0 saturated heterocycles. The fourth-order valence-corrected chi connectivity index (χ4v) is 0. The summed E-state index contributed by atoms with van der Waals surface area (Å²) in [6.45, 7) is 0. The summed E-state index contributed by atoms with van der Waals surface area (Å²) in [6, 6.07) is 0. The Morgan fingerprint density at radius 2 is 0.238 bits per heavy atom. The Balaban J connectivity index is -0.0000000533. The molecule has 0 aliphatic heterocycles. The number of halogens is 4. The molecule has 0 atom stereocenters. The van der Waals surface area contributed by atoms with E-state index in [0.717, 1.165) is 0 Å². The van der Waals surface area contributed by atoms with Gasteiger partial charge in [0.1, 0.15) is 0 Å². The molecule has 0 aliphatic rings. The van der Waals surface area contributed by atoms with E-state index >= 15 is 0 Å². The third kappa shape index (κ3) is 5360. The molecule has 0 aliphatic carbocycles. The summed E-state index contributed by atoms with van der Waals surface area (Å²) in [5, 5.41) is 0. The molecule has 0 rings (SSSR count). The number of hydrogen-bond acceptors (Lipinski definition) is 16. The summed E-state index contributed by atoms with van der Waals surface area (Å²) < 4.78 is 136. The van der Waals surface area contributed by atoms with Crippen LogP contribution in [0.15, 0.2) is 0 Å². The van der Waals surface area contributed by atoms with E-state index in [0.29, 0.717) is 0 Å². The van der Waals surface area contributed by atoms with Gasteiger partial charge in [-0.2, -0.15) is 0 Å². The normalized spacial score (nSPS) is 11.4.